The molecule has 7 aliphatic heterocycles. The summed E-state index contributed by atoms with van der Waals surface area (Å²) >= 11 is 0. The molecule has 576 valence electrons. The van der Waals surface area contributed by atoms with Gasteiger partial charge in [0, 0.05) is 65.4 Å². The van der Waals surface area contributed by atoms with Crippen molar-refractivity contribution in [2.45, 2.75) is 264 Å². The summed E-state index contributed by atoms with van der Waals surface area (Å²) in [6, 6.07) is 15.2. The number of carbonyl (C=O) groups is 2. The molecule has 10 heteroatoms. The molecule has 0 bridgehead atoms. The van der Waals surface area contributed by atoms with Crippen molar-refractivity contribution in [3.63, 3.8) is 0 Å². The second-order valence-corrected chi connectivity index (χ2v) is 42.3. The van der Waals surface area contributed by atoms with Gasteiger partial charge in [0.05, 0.1) is 17.7 Å². The van der Waals surface area contributed by atoms with Crippen LogP contribution in [-0.4, -0.2) is 180 Å². The summed E-state index contributed by atoms with van der Waals surface area (Å²) < 4.78 is 5.66. The molecule has 2 aromatic carbocycles. The highest BCUT2D eigenvalue weighted by Crippen LogP contribution is 2.39. The number of fused-ring (bicyclic) bond motifs is 1. The van der Waals surface area contributed by atoms with Crippen LogP contribution in [0.1, 0.15) is 284 Å². The first-order valence-electron chi connectivity index (χ1n) is 39.7. The van der Waals surface area contributed by atoms with E-state index in [1.165, 1.54) is 147 Å². The maximum Gasteiger partial charge on any atom is 0.261 e. The van der Waals surface area contributed by atoms with Gasteiger partial charge < -0.3 is 34.1 Å². The molecule has 0 radical (unpaired) electrons. The van der Waals surface area contributed by atoms with Crippen LogP contribution in [0.5, 0.6) is 5.75 Å². The SMILES string of the molecule is CC(C)(C)C1CCCCC1.CC(C)(C)CCN1C(=O)c2ccccc2C1=O.CN1CC(C(C)(C)C)C1.CN1CC(C(C)(C)C)C1.CN1CC(C(C)(C)C)C1.CN1CCC(C(C)(C)C)C1.CN1CCC(C(C)(C)C)C1.CN1CCC(C(C)(C)C)C1.Cc1ccc(OCCCC(C)(C)C)cc1. The molecule has 0 aromatic heterocycles. The number of aryl methyl sites for hydroxylation is 1. The second-order valence-electron chi connectivity index (χ2n) is 42.3. The third kappa shape index (κ3) is 37.1. The highest BCUT2D eigenvalue weighted by atomic mass is 16.5. The Balaban J connectivity index is 0.000000383. The van der Waals surface area contributed by atoms with E-state index >= 15 is 0 Å². The average molecular weight is 1380 g/mol. The number of hydrogen-bond acceptors (Lipinski definition) is 9. The van der Waals surface area contributed by atoms with E-state index in [1.807, 2.05) is 12.1 Å². The maximum absolute atomic E-state index is 12.0. The number of amides is 2. The van der Waals surface area contributed by atoms with Crippen molar-refractivity contribution in [3.05, 3.63) is 65.2 Å². The molecular weight excluding hydrogens is 1220 g/mol. The van der Waals surface area contributed by atoms with Gasteiger partial charge in [0.15, 0.2) is 0 Å². The van der Waals surface area contributed by atoms with Crippen molar-refractivity contribution < 1.29 is 14.3 Å². The molecule has 10 nitrogen and oxygen atoms in total. The Labute approximate surface area is 616 Å². The Morgan fingerprint density at radius 2 is 0.626 bits per heavy atom. The van der Waals surface area contributed by atoms with Crippen LogP contribution in [-0.2, 0) is 0 Å². The van der Waals surface area contributed by atoms with E-state index in [2.05, 4.69) is 278 Å². The molecule has 3 atom stereocenters. The summed E-state index contributed by atoms with van der Waals surface area (Å²) in [5, 5.41) is 0. The highest BCUT2D eigenvalue weighted by Gasteiger charge is 2.38. The van der Waals surface area contributed by atoms with Crippen LogP contribution in [0, 0.1) is 97.1 Å². The number of carbonyl (C=O) groups excluding carboxylic acids is 2. The summed E-state index contributed by atoms with van der Waals surface area (Å²) in [4.78, 5) is 39.8. The first kappa shape index (κ1) is 92.2. The first-order chi connectivity index (χ1) is 45.0. The summed E-state index contributed by atoms with van der Waals surface area (Å²) in [7, 11) is 13.2. The van der Waals surface area contributed by atoms with Gasteiger partial charge in [-0.1, -0.05) is 236 Å². The molecule has 3 unspecified atom stereocenters. The molecule has 8 aliphatic rings. The first-order valence-corrected chi connectivity index (χ1v) is 39.7. The van der Waals surface area contributed by atoms with Crippen LogP contribution in [0.4, 0.5) is 0 Å². The van der Waals surface area contributed by atoms with Gasteiger partial charge in [-0.25, -0.2) is 0 Å². The Hall–Kier alpha value is -2.86. The third-order valence-corrected chi connectivity index (χ3v) is 22.9. The lowest BCUT2D eigenvalue weighted by Crippen LogP contribution is -2.49. The van der Waals surface area contributed by atoms with E-state index in [4.69, 9.17) is 4.74 Å². The molecule has 1 aliphatic carbocycles. The predicted molar refractivity (Wildman–Crippen MR) is 434 cm³/mol. The van der Waals surface area contributed by atoms with Gasteiger partial charge in [-0.2, -0.15) is 0 Å². The van der Waals surface area contributed by atoms with Crippen LogP contribution in [0.3, 0.4) is 0 Å². The fourth-order valence-corrected chi connectivity index (χ4v) is 14.0. The van der Waals surface area contributed by atoms with Crippen molar-refractivity contribution in [2.75, 3.05) is 134 Å². The Morgan fingerprint density at radius 3 is 0.838 bits per heavy atom. The summed E-state index contributed by atoms with van der Waals surface area (Å²) in [5.74, 6) is 7.21. The largest absolute Gasteiger partial charge is 0.494 e. The van der Waals surface area contributed by atoms with E-state index in [1.54, 1.807) is 24.3 Å². The topological polar surface area (TPSA) is 66.1 Å². The maximum atomic E-state index is 12.0. The number of imide groups is 1. The van der Waals surface area contributed by atoms with E-state index in [0.717, 1.165) is 66.6 Å². The molecule has 7 fully saturated rings. The minimum absolute atomic E-state index is 0.120. The fraction of sp³-hybridized carbons (Fsp3) is 0.843. The standard InChI is InChI=1S/C14H17NO2.C14H22O.C10H20.3C9H19N.3C8H17N/c1-14(2,3)8-9-15-12(16)10-6-4-5-7-11(10)13(15)17;1-12-6-8-13(9-7-12)15-11-5-10-14(2,3)4;1-10(2,3)9-7-5-4-6-8-9;3*1-9(2,3)8-5-6-10(4)7-8;3*1-8(2,3)7-5-9(4)6-7/h4-7H,8-9H2,1-3H3;6-9H,5,10-11H2,1-4H3;9H,4-8H2,1-3H3;3*8H,5-7H2,1-4H3;3*7H,5-6H2,1-4H3. The fourth-order valence-electron chi connectivity index (χ4n) is 14.0. The lowest BCUT2D eigenvalue weighted by molar-refractivity contribution is 0.0459. The zero-order chi connectivity index (χ0) is 76.1. The zero-order valence-electron chi connectivity index (χ0n) is 72.2. The zero-order valence-corrected chi connectivity index (χ0v) is 72.2. The van der Waals surface area contributed by atoms with Gasteiger partial charge in [0.1, 0.15) is 5.75 Å². The quantitative estimate of drug-likeness (QED) is 0.208. The van der Waals surface area contributed by atoms with Crippen molar-refractivity contribution in [1.82, 2.24) is 34.3 Å². The Bertz CT molecular complexity index is 2340. The number of hydrogen-bond donors (Lipinski definition) is 0. The Kier molecular flexibility index (Phi) is 37.3. The number of ether oxygens (including phenoxy) is 1. The molecular formula is C89H167N7O3. The molecule has 2 amide bonds. The van der Waals surface area contributed by atoms with E-state index < -0.39 is 0 Å². The molecule has 6 saturated heterocycles. The lowest BCUT2D eigenvalue weighted by atomic mass is 9.72. The van der Waals surface area contributed by atoms with Crippen LogP contribution in [0.2, 0.25) is 0 Å². The summed E-state index contributed by atoms with van der Waals surface area (Å²) in [6.07, 6.45) is 14.7. The van der Waals surface area contributed by atoms with Crippen LogP contribution in [0.15, 0.2) is 48.5 Å². The monoisotopic (exact) mass is 1380 g/mol. The number of benzene rings is 2. The molecule has 1 saturated carbocycles. The molecule has 0 N–H and O–H groups in total. The van der Waals surface area contributed by atoms with Crippen LogP contribution >= 0.6 is 0 Å². The minimum atomic E-state index is -0.158. The summed E-state index contributed by atoms with van der Waals surface area (Å²) in [6.45, 7) is 81.2. The van der Waals surface area contributed by atoms with E-state index in [-0.39, 0.29) is 17.2 Å². The number of nitrogens with zero attached hydrogens (tertiary/aromatic N) is 7. The Morgan fingerprint density at radius 1 is 0.343 bits per heavy atom. The highest BCUT2D eigenvalue weighted by molar-refractivity contribution is 6.21. The van der Waals surface area contributed by atoms with Crippen LogP contribution < -0.4 is 4.74 Å². The molecule has 2 aromatic rings. The summed E-state index contributed by atoms with van der Waals surface area (Å²) in [5.41, 5.74) is 6.60. The van der Waals surface area contributed by atoms with Gasteiger partial charge in [-0.3, -0.25) is 14.5 Å². The third-order valence-electron chi connectivity index (χ3n) is 22.9. The van der Waals surface area contributed by atoms with Crippen molar-refractivity contribution >= 4 is 11.8 Å². The van der Waals surface area contributed by atoms with Crippen LogP contribution in [0.25, 0.3) is 0 Å². The normalized spacial score (nSPS) is 22.2. The number of rotatable bonds is 6. The molecule has 0 spiro atoms. The van der Waals surface area contributed by atoms with E-state index in [9.17, 15) is 9.59 Å². The van der Waals surface area contributed by atoms with Gasteiger partial charge in [-0.15, -0.1) is 0 Å². The second kappa shape index (κ2) is 40.0. The predicted octanol–water partition coefficient (Wildman–Crippen LogP) is 21.3. The van der Waals surface area contributed by atoms with E-state index in [0.29, 0.717) is 61.0 Å². The van der Waals surface area contributed by atoms with Gasteiger partial charge >= 0.3 is 0 Å². The number of likely N-dealkylation sites (tertiary alicyclic amines) is 6. The molecule has 7 heterocycles. The smallest absolute Gasteiger partial charge is 0.261 e. The minimum Gasteiger partial charge on any atom is -0.494 e. The molecule has 10 rings (SSSR count). The van der Waals surface area contributed by atoms with Crippen molar-refractivity contribution in [2.24, 2.45) is 90.2 Å². The average Bonchev–Trinajstić information content (AvgIpc) is 1.66. The van der Waals surface area contributed by atoms with Gasteiger partial charge in [0.25, 0.3) is 11.8 Å². The van der Waals surface area contributed by atoms with Crippen molar-refractivity contribution in [3.8, 4) is 5.75 Å². The lowest BCUT2D eigenvalue weighted by Gasteiger charge is -2.44. The van der Waals surface area contributed by atoms with Gasteiger partial charge in [-0.05, 0) is 235 Å². The molecule has 99 heavy (non-hydrogen) atoms. The van der Waals surface area contributed by atoms with Crippen molar-refractivity contribution in [1.29, 1.82) is 0 Å². The van der Waals surface area contributed by atoms with Gasteiger partial charge in [0.2, 0.25) is 0 Å².